The zero-order valence-electron chi connectivity index (χ0n) is 12.7. The fraction of sp³-hybridized carbons (Fsp3) is 0.467. The van der Waals surface area contributed by atoms with Gasteiger partial charge in [0.2, 0.25) is 0 Å². The smallest absolute Gasteiger partial charge is 0.328 e. The minimum atomic E-state index is -0.927. The molecule has 0 aliphatic carbocycles. The number of tetrazole rings is 1. The van der Waals surface area contributed by atoms with E-state index in [1.54, 1.807) is 0 Å². The number of hydrogen-bond donors (Lipinski definition) is 1. The highest BCUT2D eigenvalue weighted by molar-refractivity contribution is 5.72. The summed E-state index contributed by atoms with van der Waals surface area (Å²) in [6.07, 6.45) is 1.27. The highest BCUT2D eigenvalue weighted by Gasteiger charge is 2.27. The molecule has 0 saturated heterocycles. The first-order valence-corrected chi connectivity index (χ1v) is 7.27. The van der Waals surface area contributed by atoms with Crippen molar-refractivity contribution in [3.05, 3.63) is 36.2 Å². The molecule has 0 aliphatic heterocycles. The quantitative estimate of drug-likeness (QED) is 0.750. The number of aryl methyl sites for hydroxylation is 1. The van der Waals surface area contributed by atoms with Gasteiger partial charge in [0.1, 0.15) is 5.75 Å². The molecule has 7 nitrogen and oxygen atoms in total. The van der Waals surface area contributed by atoms with Crippen molar-refractivity contribution in [2.24, 2.45) is 5.92 Å². The fourth-order valence-corrected chi connectivity index (χ4v) is 2.20. The molecular weight excluding hydrogens is 284 g/mol. The minimum absolute atomic E-state index is 0.0969. The first-order chi connectivity index (χ1) is 10.6. The van der Waals surface area contributed by atoms with E-state index in [2.05, 4.69) is 15.5 Å². The highest BCUT2D eigenvalue weighted by Crippen LogP contribution is 2.18. The van der Waals surface area contributed by atoms with Crippen LogP contribution < -0.4 is 4.74 Å². The zero-order valence-corrected chi connectivity index (χ0v) is 12.7. The van der Waals surface area contributed by atoms with Crippen molar-refractivity contribution < 1.29 is 14.6 Å². The van der Waals surface area contributed by atoms with Gasteiger partial charge in [0, 0.05) is 6.42 Å². The molecule has 1 unspecified atom stereocenters. The van der Waals surface area contributed by atoms with Gasteiger partial charge in [-0.3, -0.25) is 0 Å². The molecule has 1 aromatic heterocycles. The van der Waals surface area contributed by atoms with Gasteiger partial charge in [0.25, 0.3) is 0 Å². The van der Waals surface area contributed by atoms with E-state index in [-0.39, 0.29) is 5.92 Å². The van der Waals surface area contributed by atoms with Crippen molar-refractivity contribution in [3.8, 4) is 5.75 Å². The first kappa shape index (κ1) is 15.9. The van der Waals surface area contributed by atoms with E-state index in [0.29, 0.717) is 25.3 Å². The summed E-state index contributed by atoms with van der Waals surface area (Å²) in [4.78, 5) is 11.4. The number of benzene rings is 1. The summed E-state index contributed by atoms with van der Waals surface area (Å²) in [5.41, 5.74) is 0. The second kappa shape index (κ2) is 7.53. The van der Waals surface area contributed by atoms with Gasteiger partial charge in [-0.25, -0.2) is 9.48 Å². The van der Waals surface area contributed by atoms with E-state index < -0.39 is 12.0 Å². The third kappa shape index (κ3) is 4.03. The monoisotopic (exact) mass is 304 g/mol. The highest BCUT2D eigenvalue weighted by atomic mass is 16.5. The number of ether oxygens (including phenoxy) is 1. The summed E-state index contributed by atoms with van der Waals surface area (Å²) in [7, 11) is 0. The Kier molecular flexibility index (Phi) is 5.46. The zero-order chi connectivity index (χ0) is 15.9. The summed E-state index contributed by atoms with van der Waals surface area (Å²) >= 11 is 0. The normalized spacial score (nSPS) is 12.3. The average Bonchev–Trinajstić information content (AvgIpc) is 2.92. The van der Waals surface area contributed by atoms with Crippen molar-refractivity contribution >= 4 is 5.97 Å². The predicted molar refractivity (Wildman–Crippen MR) is 79.6 cm³/mol. The lowest BCUT2D eigenvalue weighted by molar-refractivity contribution is -0.142. The van der Waals surface area contributed by atoms with Gasteiger partial charge in [0.15, 0.2) is 11.9 Å². The average molecular weight is 304 g/mol. The molecule has 1 aromatic carbocycles. The number of para-hydroxylation sites is 1. The van der Waals surface area contributed by atoms with Crippen LogP contribution in [0.2, 0.25) is 0 Å². The van der Waals surface area contributed by atoms with E-state index in [0.717, 1.165) is 5.75 Å². The SMILES string of the molecule is CC(C)C(C(=O)O)n1nnnc1CCCOc1ccccc1. The molecule has 0 aliphatic rings. The summed E-state index contributed by atoms with van der Waals surface area (Å²) < 4.78 is 7.00. The lowest BCUT2D eigenvalue weighted by Gasteiger charge is -2.17. The summed E-state index contributed by atoms with van der Waals surface area (Å²) in [5, 5.41) is 20.7. The Morgan fingerprint density at radius 2 is 2.05 bits per heavy atom. The number of aromatic nitrogens is 4. The second-order valence-corrected chi connectivity index (χ2v) is 5.33. The maximum absolute atomic E-state index is 11.4. The Bertz CT molecular complexity index is 598. The predicted octanol–water partition coefficient (Wildman–Crippen LogP) is 1.97. The molecule has 1 N–H and O–H groups in total. The molecular formula is C15H20N4O3. The molecule has 118 valence electrons. The van der Waals surface area contributed by atoms with E-state index in [1.807, 2.05) is 44.2 Å². The Morgan fingerprint density at radius 3 is 2.68 bits per heavy atom. The molecule has 0 bridgehead atoms. The number of hydrogen-bond acceptors (Lipinski definition) is 5. The number of carboxylic acids is 1. The van der Waals surface area contributed by atoms with Gasteiger partial charge >= 0.3 is 5.97 Å². The van der Waals surface area contributed by atoms with Gasteiger partial charge in [-0.2, -0.15) is 0 Å². The van der Waals surface area contributed by atoms with Crippen LogP contribution in [0.4, 0.5) is 0 Å². The number of aliphatic carboxylic acids is 1. The summed E-state index contributed by atoms with van der Waals surface area (Å²) in [6.45, 7) is 4.20. The third-order valence-corrected chi connectivity index (χ3v) is 3.27. The topological polar surface area (TPSA) is 90.1 Å². The van der Waals surface area contributed by atoms with E-state index in [1.165, 1.54) is 4.68 Å². The van der Waals surface area contributed by atoms with Crippen molar-refractivity contribution in [1.29, 1.82) is 0 Å². The molecule has 1 atom stereocenters. The molecule has 0 amide bonds. The van der Waals surface area contributed by atoms with Crippen molar-refractivity contribution in [3.63, 3.8) is 0 Å². The van der Waals surface area contributed by atoms with Gasteiger partial charge in [-0.1, -0.05) is 32.0 Å². The van der Waals surface area contributed by atoms with Crippen LogP contribution in [0.1, 0.15) is 32.1 Å². The molecule has 22 heavy (non-hydrogen) atoms. The maximum atomic E-state index is 11.4. The van der Waals surface area contributed by atoms with Crippen LogP contribution in [-0.4, -0.2) is 37.9 Å². The molecule has 0 fully saturated rings. The van der Waals surface area contributed by atoms with Crippen LogP contribution in [0.15, 0.2) is 30.3 Å². The lowest BCUT2D eigenvalue weighted by atomic mass is 10.0. The summed E-state index contributed by atoms with van der Waals surface area (Å²) in [6, 6.07) is 8.79. The summed E-state index contributed by atoms with van der Waals surface area (Å²) in [5.74, 6) is 0.356. The Morgan fingerprint density at radius 1 is 1.32 bits per heavy atom. The maximum Gasteiger partial charge on any atom is 0.328 e. The van der Waals surface area contributed by atoms with Crippen LogP contribution in [-0.2, 0) is 11.2 Å². The molecule has 2 rings (SSSR count). The molecule has 0 spiro atoms. The minimum Gasteiger partial charge on any atom is -0.494 e. The first-order valence-electron chi connectivity index (χ1n) is 7.27. The molecule has 0 saturated carbocycles. The Hall–Kier alpha value is -2.44. The Labute approximate surface area is 128 Å². The van der Waals surface area contributed by atoms with Crippen LogP contribution >= 0.6 is 0 Å². The standard InChI is InChI=1S/C15H20N4O3/c1-11(2)14(15(20)21)19-13(16-17-18-19)9-6-10-22-12-7-4-3-5-8-12/h3-5,7-8,11,14H,6,9-10H2,1-2H3,(H,20,21). The van der Waals surface area contributed by atoms with E-state index >= 15 is 0 Å². The van der Waals surface area contributed by atoms with Crippen molar-refractivity contribution in [2.75, 3.05) is 6.61 Å². The van der Waals surface area contributed by atoms with Gasteiger partial charge < -0.3 is 9.84 Å². The van der Waals surface area contributed by atoms with E-state index in [9.17, 15) is 9.90 Å². The third-order valence-electron chi connectivity index (χ3n) is 3.27. The lowest BCUT2D eigenvalue weighted by Crippen LogP contribution is -2.27. The van der Waals surface area contributed by atoms with E-state index in [4.69, 9.17) is 4.74 Å². The fourth-order valence-electron chi connectivity index (χ4n) is 2.20. The molecule has 0 radical (unpaired) electrons. The van der Waals surface area contributed by atoms with Crippen LogP contribution in [0.25, 0.3) is 0 Å². The molecule has 7 heteroatoms. The number of carboxylic acid groups (broad SMARTS) is 1. The Balaban J connectivity index is 1.91. The van der Waals surface area contributed by atoms with Gasteiger partial charge in [0.05, 0.1) is 6.61 Å². The number of rotatable bonds is 8. The van der Waals surface area contributed by atoms with Crippen LogP contribution in [0.3, 0.4) is 0 Å². The number of carbonyl (C=O) groups is 1. The van der Waals surface area contributed by atoms with Crippen LogP contribution in [0, 0.1) is 5.92 Å². The van der Waals surface area contributed by atoms with Crippen molar-refractivity contribution in [2.45, 2.75) is 32.7 Å². The molecule has 2 aromatic rings. The van der Waals surface area contributed by atoms with Crippen molar-refractivity contribution in [1.82, 2.24) is 20.2 Å². The largest absolute Gasteiger partial charge is 0.494 e. The van der Waals surface area contributed by atoms with Gasteiger partial charge in [-0.05, 0) is 34.9 Å². The van der Waals surface area contributed by atoms with Crippen LogP contribution in [0.5, 0.6) is 5.75 Å². The second-order valence-electron chi connectivity index (χ2n) is 5.33. The molecule has 1 heterocycles. The number of nitrogens with zero attached hydrogens (tertiary/aromatic N) is 4. The van der Waals surface area contributed by atoms with Gasteiger partial charge in [-0.15, -0.1) is 5.10 Å².